The Balaban J connectivity index is 1.76. The molecule has 0 saturated heterocycles. The number of thiazole rings is 1. The van der Waals surface area contributed by atoms with Gasteiger partial charge in [0, 0.05) is 18.5 Å². The minimum atomic E-state index is 0.515. The molecule has 1 aromatic carbocycles. The van der Waals surface area contributed by atoms with Gasteiger partial charge >= 0.3 is 0 Å². The summed E-state index contributed by atoms with van der Waals surface area (Å²) in [6.07, 6.45) is 3.37. The smallest absolute Gasteiger partial charge is 0.228 e. The second kappa shape index (κ2) is 5.89. The van der Waals surface area contributed by atoms with Crippen LogP contribution in [0.25, 0.3) is 15.3 Å². The topological polar surface area (TPSA) is 77.8 Å². The molecule has 0 amide bonds. The van der Waals surface area contributed by atoms with Crippen LogP contribution in [0.4, 0.5) is 11.8 Å². The lowest BCUT2D eigenvalue weighted by Crippen LogP contribution is -2.04. The lowest BCUT2D eigenvalue weighted by molar-refractivity contribution is 0.415. The number of nitrogens with zero attached hydrogens (tertiary/aromatic N) is 5. The van der Waals surface area contributed by atoms with Crippen molar-refractivity contribution in [1.29, 1.82) is 0 Å². The van der Waals surface area contributed by atoms with Crippen LogP contribution in [0, 0.1) is 6.92 Å². The Morgan fingerprint density at radius 2 is 2.00 bits per heavy atom. The molecule has 1 N–H and O–H groups in total. The van der Waals surface area contributed by atoms with Crippen molar-refractivity contribution < 1.29 is 4.74 Å². The van der Waals surface area contributed by atoms with Crippen LogP contribution < -0.4 is 10.1 Å². The molecular weight excluding hydrogens is 324 g/mol. The monoisotopic (exact) mass is 338 g/mol. The normalized spacial score (nSPS) is 10.9. The largest absolute Gasteiger partial charge is 0.497 e. The van der Waals surface area contributed by atoms with Crippen molar-refractivity contribution in [2.24, 2.45) is 0 Å². The van der Waals surface area contributed by atoms with Crippen LogP contribution in [0.5, 0.6) is 5.75 Å². The molecule has 8 heteroatoms. The van der Waals surface area contributed by atoms with Gasteiger partial charge in [0.2, 0.25) is 11.1 Å². The Hall–Kier alpha value is -3.00. The van der Waals surface area contributed by atoms with Gasteiger partial charge in [-0.15, -0.1) is 0 Å². The van der Waals surface area contributed by atoms with Gasteiger partial charge in [0.25, 0.3) is 0 Å². The third kappa shape index (κ3) is 2.67. The highest BCUT2D eigenvalue weighted by molar-refractivity contribution is 7.20. The Morgan fingerprint density at radius 3 is 2.79 bits per heavy atom. The molecule has 3 heterocycles. The lowest BCUT2D eigenvalue weighted by atomic mass is 10.3. The van der Waals surface area contributed by atoms with Crippen LogP contribution in [0.3, 0.4) is 0 Å². The zero-order valence-corrected chi connectivity index (χ0v) is 13.9. The number of methoxy groups -OCH3 is 1. The first-order valence-corrected chi connectivity index (χ1v) is 8.10. The van der Waals surface area contributed by atoms with Gasteiger partial charge in [0.1, 0.15) is 11.6 Å². The van der Waals surface area contributed by atoms with Gasteiger partial charge in [-0.1, -0.05) is 11.3 Å². The molecule has 3 aromatic heterocycles. The van der Waals surface area contributed by atoms with Crippen molar-refractivity contribution in [3.05, 3.63) is 48.4 Å². The number of rotatable bonds is 4. The van der Waals surface area contributed by atoms with Gasteiger partial charge in [0.15, 0.2) is 0 Å². The summed E-state index contributed by atoms with van der Waals surface area (Å²) >= 11 is 1.55. The fraction of sp³-hybridized carbons (Fsp3) is 0.125. The quantitative estimate of drug-likeness (QED) is 0.615. The number of benzene rings is 1. The number of aromatic nitrogens is 5. The molecule has 0 bridgehead atoms. The summed E-state index contributed by atoms with van der Waals surface area (Å²) in [6.45, 7) is 1.93. The van der Waals surface area contributed by atoms with Gasteiger partial charge in [-0.25, -0.2) is 15.0 Å². The van der Waals surface area contributed by atoms with Crippen molar-refractivity contribution in [3.8, 4) is 10.9 Å². The molecule has 120 valence electrons. The molecule has 24 heavy (non-hydrogen) atoms. The minimum absolute atomic E-state index is 0.515. The first-order chi connectivity index (χ1) is 11.7. The number of ether oxygens (including phenoxy) is 1. The van der Waals surface area contributed by atoms with Crippen molar-refractivity contribution in [2.45, 2.75) is 6.92 Å². The molecule has 0 spiro atoms. The predicted molar refractivity (Wildman–Crippen MR) is 93.3 cm³/mol. The van der Waals surface area contributed by atoms with Gasteiger partial charge in [-0.05, 0) is 31.2 Å². The zero-order valence-electron chi connectivity index (χ0n) is 13.1. The molecule has 4 rings (SSSR count). The molecular formula is C16H14N6OS. The summed E-state index contributed by atoms with van der Waals surface area (Å²) in [5.41, 5.74) is 1.79. The maximum atomic E-state index is 5.27. The minimum Gasteiger partial charge on any atom is -0.497 e. The fourth-order valence-corrected chi connectivity index (χ4v) is 3.28. The van der Waals surface area contributed by atoms with Crippen molar-refractivity contribution in [2.75, 3.05) is 12.4 Å². The molecule has 0 fully saturated rings. The lowest BCUT2D eigenvalue weighted by Gasteiger charge is -2.05. The van der Waals surface area contributed by atoms with E-state index in [1.807, 2.05) is 31.2 Å². The van der Waals surface area contributed by atoms with E-state index in [-0.39, 0.29) is 0 Å². The van der Waals surface area contributed by atoms with E-state index in [4.69, 9.17) is 4.74 Å². The summed E-state index contributed by atoms with van der Waals surface area (Å²) in [7, 11) is 1.65. The number of fused-ring (bicyclic) bond motifs is 1. The van der Waals surface area contributed by atoms with Crippen LogP contribution in [-0.4, -0.2) is 31.8 Å². The van der Waals surface area contributed by atoms with E-state index < -0.39 is 0 Å². The second-order valence-electron chi connectivity index (χ2n) is 5.11. The van der Waals surface area contributed by atoms with E-state index in [9.17, 15) is 0 Å². The highest BCUT2D eigenvalue weighted by Gasteiger charge is 2.13. The number of nitrogens with one attached hydrogen (secondary N) is 1. The Bertz CT molecular complexity index is 994. The molecule has 0 aliphatic rings. The van der Waals surface area contributed by atoms with E-state index in [2.05, 4.69) is 25.4 Å². The van der Waals surface area contributed by atoms with E-state index in [1.54, 1.807) is 41.6 Å². The number of anilines is 2. The van der Waals surface area contributed by atoms with Gasteiger partial charge < -0.3 is 10.1 Å². The summed E-state index contributed by atoms with van der Waals surface area (Å²) in [4.78, 5) is 13.0. The summed E-state index contributed by atoms with van der Waals surface area (Å²) in [6, 6.07) is 9.52. The molecule has 0 atom stereocenters. The van der Waals surface area contributed by atoms with Crippen molar-refractivity contribution >= 4 is 33.3 Å². The molecule has 7 nitrogen and oxygen atoms in total. The van der Waals surface area contributed by atoms with Gasteiger partial charge in [-0.3, -0.25) is 0 Å². The Labute approximate surface area is 142 Å². The van der Waals surface area contributed by atoms with Crippen LogP contribution in [0.1, 0.15) is 5.69 Å². The zero-order chi connectivity index (χ0) is 16.5. The fourth-order valence-electron chi connectivity index (χ4n) is 2.32. The molecule has 0 saturated carbocycles. The standard InChI is InChI=1S/C16H14N6OS/c1-10-8-14(20-15-17-6-3-7-18-15)22(21-10)16-19-12-5-4-11(23-2)9-13(12)24-16/h3-9H,1-2H3,(H,17,18,20). The van der Waals surface area contributed by atoms with Crippen LogP contribution in [-0.2, 0) is 0 Å². The average Bonchev–Trinajstić information content (AvgIpc) is 3.18. The average molecular weight is 338 g/mol. The van der Waals surface area contributed by atoms with E-state index in [0.717, 1.165) is 32.6 Å². The summed E-state index contributed by atoms with van der Waals surface area (Å²) in [5.74, 6) is 2.09. The number of aryl methyl sites for hydroxylation is 1. The van der Waals surface area contributed by atoms with E-state index in [1.165, 1.54) is 0 Å². The maximum Gasteiger partial charge on any atom is 0.228 e. The Kier molecular flexibility index (Phi) is 3.58. The van der Waals surface area contributed by atoms with Gasteiger partial charge in [-0.2, -0.15) is 9.78 Å². The SMILES string of the molecule is COc1ccc2nc(-n3nc(C)cc3Nc3ncccn3)sc2c1. The third-order valence-electron chi connectivity index (χ3n) is 3.40. The maximum absolute atomic E-state index is 5.27. The molecule has 0 aliphatic heterocycles. The third-order valence-corrected chi connectivity index (χ3v) is 4.40. The van der Waals surface area contributed by atoms with Crippen molar-refractivity contribution in [3.63, 3.8) is 0 Å². The van der Waals surface area contributed by atoms with Crippen LogP contribution in [0.15, 0.2) is 42.7 Å². The first-order valence-electron chi connectivity index (χ1n) is 7.28. The molecule has 0 aliphatic carbocycles. The van der Waals surface area contributed by atoms with E-state index in [0.29, 0.717) is 5.95 Å². The number of hydrogen-bond acceptors (Lipinski definition) is 7. The highest BCUT2D eigenvalue weighted by Crippen LogP contribution is 2.30. The first kappa shape index (κ1) is 14.6. The number of hydrogen-bond donors (Lipinski definition) is 1. The summed E-state index contributed by atoms with van der Waals surface area (Å²) < 4.78 is 8.08. The molecule has 0 unspecified atom stereocenters. The molecule has 4 aromatic rings. The highest BCUT2D eigenvalue weighted by atomic mass is 32.1. The van der Waals surface area contributed by atoms with Crippen LogP contribution in [0.2, 0.25) is 0 Å². The van der Waals surface area contributed by atoms with Crippen LogP contribution >= 0.6 is 11.3 Å². The Morgan fingerprint density at radius 1 is 1.17 bits per heavy atom. The summed E-state index contributed by atoms with van der Waals surface area (Å²) in [5, 5.41) is 8.48. The van der Waals surface area contributed by atoms with Gasteiger partial charge in [0.05, 0.1) is 23.0 Å². The second-order valence-corrected chi connectivity index (χ2v) is 6.12. The van der Waals surface area contributed by atoms with Crippen molar-refractivity contribution in [1.82, 2.24) is 24.7 Å². The molecule has 0 radical (unpaired) electrons. The van der Waals surface area contributed by atoms with E-state index >= 15 is 0 Å². The predicted octanol–water partition coefficient (Wildman–Crippen LogP) is 3.33.